The fourth-order valence-electron chi connectivity index (χ4n) is 0.971. The van der Waals surface area contributed by atoms with Gasteiger partial charge < -0.3 is 5.32 Å². The van der Waals surface area contributed by atoms with Crippen LogP contribution in [0.2, 0.25) is 10.0 Å². The van der Waals surface area contributed by atoms with E-state index in [4.69, 9.17) is 23.2 Å². The number of benzene rings is 1. The Hall–Kier alpha value is -0.990. The molecule has 0 unspecified atom stereocenters. The average molecular weight is 230 g/mol. The van der Waals surface area contributed by atoms with Crippen LogP contribution in [0.4, 0.5) is 0 Å². The van der Waals surface area contributed by atoms with Crippen LogP contribution in [0.1, 0.15) is 17.3 Å². The molecule has 1 aromatic carbocycles. The number of halogens is 2. The summed E-state index contributed by atoms with van der Waals surface area (Å²) in [6, 6.07) is 4.91. The summed E-state index contributed by atoms with van der Waals surface area (Å²) in [5.74, 6) is -0.340. The van der Waals surface area contributed by atoms with Crippen LogP contribution < -0.4 is 5.32 Å². The van der Waals surface area contributed by atoms with Crippen LogP contribution in [-0.2, 0) is 0 Å². The first-order chi connectivity index (χ1) is 6.52. The molecular formula is C10H9Cl2NO. The number of hydrogen-bond acceptors (Lipinski definition) is 1. The van der Waals surface area contributed by atoms with E-state index in [1.807, 2.05) is 0 Å². The minimum atomic E-state index is -0.340. The van der Waals surface area contributed by atoms with Crippen molar-refractivity contribution in [3.8, 4) is 0 Å². The lowest BCUT2D eigenvalue weighted by molar-refractivity contribution is 0.0966. The highest BCUT2D eigenvalue weighted by Gasteiger charge is 2.13. The van der Waals surface area contributed by atoms with Crippen molar-refractivity contribution in [1.29, 1.82) is 0 Å². The lowest BCUT2D eigenvalue weighted by atomic mass is 10.2. The summed E-state index contributed by atoms with van der Waals surface area (Å²) in [5.41, 5.74) is 0.824. The number of amides is 1. The summed E-state index contributed by atoms with van der Waals surface area (Å²) in [5, 5.41) is 3.20. The Bertz CT molecular complexity index is 367. The normalized spacial score (nSPS) is 9.64. The smallest absolute Gasteiger partial charge is 0.258 e. The van der Waals surface area contributed by atoms with Gasteiger partial charge >= 0.3 is 0 Å². The molecule has 0 aliphatic heterocycles. The molecule has 1 aromatic rings. The second-order valence-corrected chi connectivity index (χ2v) is 3.65. The van der Waals surface area contributed by atoms with Gasteiger partial charge in [0.2, 0.25) is 0 Å². The van der Waals surface area contributed by atoms with Crippen molar-refractivity contribution in [3.63, 3.8) is 0 Å². The van der Waals surface area contributed by atoms with Gasteiger partial charge in [0.25, 0.3) is 5.91 Å². The predicted octanol–water partition coefficient (Wildman–Crippen LogP) is 3.26. The van der Waals surface area contributed by atoms with E-state index in [1.54, 1.807) is 25.1 Å². The molecule has 0 aromatic heterocycles. The molecule has 0 fully saturated rings. The molecule has 0 radical (unpaired) electrons. The maximum absolute atomic E-state index is 11.6. The largest absolute Gasteiger partial charge is 0.327 e. The summed E-state index contributed by atoms with van der Waals surface area (Å²) in [6.45, 7) is 5.25. The zero-order chi connectivity index (χ0) is 10.7. The molecule has 0 aliphatic rings. The molecule has 0 saturated heterocycles. The molecule has 0 atom stereocenters. The Balaban J connectivity index is 3.06. The minimum Gasteiger partial charge on any atom is -0.327 e. The van der Waals surface area contributed by atoms with Crippen molar-refractivity contribution in [2.75, 3.05) is 0 Å². The van der Waals surface area contributed by atoms with Crippen molar-refractivity contribution in [2.45, 2.75) is 6.92 Å². The lowest BCUT2D eigenvalue weighted by Gasteiger charge is -2.07. The molecule has 0 saturated carbocycles. The Morgan fingerprint density at radius 1 is 1.36 bits per heavy atom. The monoisotopic (exact) mass is 229 g/mol. The highest BCUT2D eigenvalue weighted by molar-refractivity contribution is 6.39. The van der Waals surface area contributed by atoms with Crippen molar-refractivity contribution >= 4 is 29.1 Å². The molecule has 74 valence electrons. The number of rotatable bonds is 2. The third-order valence-electron chi connectivity index (χ3n) is 1.52. The molecule has 0 aliphatic carbocycles. The van der Waals surface area contributed by atoms with Crippen LogP contribution in [0, 0.1) is 0 Å². The van der Waals surface area contributed by atoms with Crippen molar-refractivity contribution in [1.82, 2.24) is 5.32 Å². The summed E-state index contributed by atoms with van der Waals surface area (Å²) in [4.78, 5) is 11.6. The van der Waals surface area contributed by atoms with Crippen molar-refractivity contribution < 1.29 is 4.79 Å². The quantitative estimate of drug-likeness (QED) is 0.829. The number of carbonyl (C=O) groups is 1. The fourth-order valence-corrected chi connectivity index (χ4v) is 1.54. The van der Waals surface area contributed by atoms with E-state index in [2.05, 4.69) is 11.9 Å². The van der Waals surface area contributed by atoms with E-state index in [0.717, 1.165) is 0 Å². The van der Waals surface area contributed by atoms with Gasteiger partial charge in [-0.05, 0) is 19.1 Å². The third-order valence-corrected chi connectivity index (χ3v) is 2.15. The van der Waals surface area contributed by atoms with Gasteiger partial charge in [0.15, 0.2) is 0 Å². The van der Waals surface area contributed by atoms with E-state index in [-0.39, 0.29) is 11.5 Å². The molecule has 1 amide bonds. The van der Waals surface area contributed by atoms with Gasteiger partial charge in [-0.1, -0.05) is 35.8 Å². The molecule has 2 nitrogen and oxygen atoms in total. The number of allylic oxidation sites excluding steroid dienone is 1. The zero-order valence-electron chi connectivity index (χ0n) is 7.60. The second kappa shape index (κ2) is 4.49. The Morgan fingerprint density at radius 3 is 2.29 bits per heavy atom. The number of nitrogens with one attached hydrogen (secondary N) is 1. The summed E-state index contributed by atoms with van der Waals surface area (Å²) in [7, 11) is 0. The van der Waals surface area contributed by atoms with Crippen LogP contribution >= 0.6 is 23.2 Å². The first-order valence-electron chi connectivity index (χ1n) is 3.93. The minimum absolute atomic E-state index is 0.277. The topological polar surface area (TPSA) is 29.1 Å². The molecular weight excluding hydrogens is 221 g/mol. The maximum Gasteiger partial charge on any atom is 0.258 e. The first-order valence-corrected chi connectivity index (χ1v) is 4.69. The van der Waals surface area contributed by atoms with E-state index in [1.165, 1.54) is 0 Å². The van der Waals surface area contributed by atoms with Crippen LogP contribution in [0.3, 0.4) is 0 Å². The first kappa shape index (κ1) is 11.1. The van der Waals surface area contributed by atoms with Gasteiger partial charge in [-0.15, -0.1) is 0 Å². The second-order valence-electron chi connectivity index (χ2n) is 2.83. The third kappa shape index (κ3) is 2.50. The van der Waals surface area contributed by atoms with Gasteiger partial charge in [0, 0.05) is 5.70 Å². The standard InChI is InChI=1S/C10H9Cl2NO/c1-6(2)13-10(14)9-7(11)4-3-5-8(9)12/h3-5H,1H2,2H3,(H,13,14). The summed E-state index contributed by atoms with van der Waals surface area (Å²) in [6.07, 6.45) is 0. The van der Waals surface area contributed by atoms with Gasteiger partial charge in [-0.2, -0.15) is 0 Å². The molecule has 0 heterocycles. The molecule has 0 bridgehead atoms. The molecule has 1 rings (SSSR count). The lowest BCUT2D eigenvalue weighted by Crippen LogP contribution is -2.21. The van der Waals surface area contributed by atoms with E-state index >= 15 is 0 Å². The van der Waals surface area contributed by atoms with E-state index < -0.39 is 0 Å². The fraction of sp³-hybridized carbons (Fsp3) is 0.100. The van der Waals surface area contributed by atoms with Gasteiger partial charge in [0.05, 0.1) is 15.6 Å². The summed E-state index contributed by atoms with van der Waals surface area (Å²) >= 11 is 11.7. The average Bonchev–Trinajstić information content (AvgIpc) is 2.01. The Labute approximate surface area is 92.5 Å². The zero-order valence-corrected chi connectivity index (χ0v) is 9.12. The van der Waals surface area contributed by atoms with Crippen molar-refractivity contribution in [2.24, 2.45) is 0 Å². The molecule has 14 heavy (non-hydrogen) atoms. The highest BCUT2D eigenvalue weighted by atomic mass is 35.5. The van der Waals surface area contributed by atoms with Crippen LogP contribution in [-0.4, -0.2) is 5.91 Å². The van der Waals surface area contributed by atoms with E-state index in [9.17, 15) is 4.79 Å². The summed E-state index contributed by atoms with van der Waals surface area (Å²) < 4.78 is 0. The van der Waals surface area contributed by atoms with Crippen LogP contribution in [0.25, 0.3) is 0 Å². The maximum atomic E-state index is 11.6. The van der Waals surface area contributed by atoms with Crippen molar-refractivity contribution in [3.05, 3.63) is 46.1 Å². The molecule has 0 spiro atoms. The van der Waals surface area contributed by atoms with Crippen LogP contribution in [0.5, 0.6) is 0 Å². The van der Waals surface area contributed by atoms with Crippen LogP contribution in [0.15, 0.2) is 30.5 Å². The van der Waals surface area contributed by atoms with Gasteiger partial charge in [-0.25, -0.2) is 0 Å². The van der Waals surface area contributed by atoms with E-state index in [0.29, 0.717) is 15.7 Å². The van der Waals surface area contributed by atoms with Gasteiger partial charge in [0.1, 0.15) is 0 Å². The number of hydrogen-bond donors (Lipinski definition) is 1. The molecule has 4 heteroatoms. The number of carbonyl (C=O) groups excluding carboxylic acids is 1. The highest BCUT2D eigenvalue weighted by Crippen LogP contribution is 2.23. The Kier molecular flexibility index (Phi) is 3.55. The SMILES string of the molecule is C=C(C)NC(=O)c1c(Cl)cccc1Cl. The predicted molar refractivity (Wildman–Crippen MR) is 58.7 cm³/mol. The molecule has 1 N–H and O–H groups in total. The Morgan fingerprint density at radius 2 is 1.86 bits per heavy atom. The van der Waals surface area contributed by atoms with Gasteiger partial charge in [-0.3, -0.25) is 4.79 Å².